The van der Waals surface area contributed by atoms with E-state index in [2.05, 4.69) is 6.92 Å². The molecule has 1 aromatic carbocycles. The van der Waals surface area contributed by atoms with Crippen LogP contribution in [0.25, 0.3) is 0 Å². The van der Waals surface area contributed by atoms with E-state index >= 15 is 0 Å². The van der Waals surface area contributed by atoms with Crippen molar-refractivity contribution in [2.45, 2.75) is 77.6 Å². The van der Waals surface area contributed by atoms with Gasteiger partial charge in [0, 0.05) is 12.8 Å². The molecule has 0 radical (unpaired) electrons. The van der Waals surface area contributed by atoms with Gasteiger partial charge in [-0.3, -0.25) is 9.59 Å². The summed E-state index contributed by atoms with van der Waals surface area (Å²) >= 11 is 0. The van der Waals surface area contributed by atoms with E-state index in [0.29, 0.717) is 37.1 Å². The number of ether oxygens (including phenoxy) is 2. The molecule has 0 aromatic heterocycles. The minimum absolute atomic E-state index is 0.0996. The molecule has 1 aromatic rings. The van der Waals surface area contributed by atoms with Crippen LogP contribution in [0.4, 0.5) is 0 Å². The van der Waals surface area contributed by atoms with Gasteiger partial charge in [-0.25, -0.2) is 0 Å². The number of carboxylic acids is 2. The maximum atomic E-state index is 10.6. The summed E-state index contributed by atoms with van der Waals surface area (Å²) in [5.74, 6) is 0.299. The monoisotopic (exact) mass is 408 g/mol. The molecular weight excluding hydrogens is 372 g/mol. The summed E-state index contributed by atoms with van der Waals surface area (Å²) in [4.78, 5) is 21.0. The number of carboxylic acid groups (broad SMARTS) is 2. The second-order valence-electron chi connectivity index (χ2n) is 7.62. The SMILES string of the molecule is CC(CCCCCCCCCC(=O)O)COc1ccccc1OCCCC(=O)O. The molecule has 0 spiro atoms. The van der Waals surface area contributed by atoms with Crippen LogP contribution >= 0.6 is 0 Å². The maximum Gasteiger partial charge on any atom is 0.303 e. The summed E-state index contributed by atoms with van der Waals surface area (Å²) in [5, 5.41) is 17.3. The molecule has 0 amide bonds. The third-order valence-electron chi connectivity index (χ3n) is 4.75. The van der Waals surface area contributed by atoms with Crippen LogP contribution in [0.1, 0.15) is 77.6 Å². The summed E-state index contributed by atoms with van der Waals surface area (Å²) in [6, 6.07) is 7.51. The Morgan fingerprint density at radius 2 is 1.31 bits per heavy atom. The number of para-hydroxylation sites is 2. The molecule has 0 aliphatic carbocycles. The van der Waals surface area contributed by atoms with Crippen molar-refractivity contribution in [2.24, 2.45) is 5.92 Å². The lowest BCUT2D eigenvalue weighted by Crippen LogP contribution is -2.10. The van der Waals surface area contributed by atoms with Crippen LogP contribution in [0.5, 0.6) is 11.5 Å². The number of hydrogen-bond donors (Lipinski definition) is 2. The highest BCUT2D eigenvalue weighted by atomic mass is 16.5. The fourth-order valence-electron chi connectivity index (χ4n) is 3.06. The Hall–Kier alpha value is -2.24. The van der Waals surface area contributed by atoms with Crippen molar-refractivity contribution in [3.63, 3.8) is 0 Å². The van der Waals surface area contributed by atoms with Crippen LogP contribution in [0.2, 0.25) is 0 Å². The van der Waals surface area contributed by atoms with Gasteiger partial charge < -0.3 is 19.7 Å². The first-order chi connectivity index (χ1) is 14.0. The second-order valence-corrected chi connectivity index (χ2v) is 7.62. The lowest BCUT2D eigenvalue weighted by molar-refractivity contribution is -0.138. The van der Waals surface area contributed by atoms with Crippen LogP contribution in [-0.4, -0.2) is 35.4 Å². The quantitative estimate of drug-likeness (QED) is 0.310. The number of unbranched alkanes of at least 4 members (excludes halogenated alkanes) is 6. The Balaban J connectivity index is 2.12. The van der Waals surface area contributed by atoms with Crippen LogP contribution in [0.3, 0.4) is 0 Å². The third kappa shape index (κ3) is 13.6. The first-order valence-electron chi connectivity index (χ1n) is 10.8. The van der Waals surface area contributed by atoms with E-state index in [0.717, 1.165) is 25.7 Å². The molecule has 0 saturated heterocycles. The zero-order valence-electron chi connectivity index (χ0n) is 17.6. The Morgan fingerprint density at radius 3 is 1.93 bits per heavy atom. The minimum Gasteiger partial charge on any atom is -0.490 e. The molecule has 6 heteroatoms. The van der Waals surface area contributed by atoms with E-state index in [1.807, 2.05) is 24.3 Å². The average Bonchev–Trinajstić information content (AvgIpc) is 2.68. The van der Waals surface area contributed by atoms with Crippen LogP contribution in [-0.2, 0) is 9.59 Å². The number of benzene rings is 1. The Morgan fingerprint density at radius 1 is 0.793 bits per heavy atom. The van der Waals surface area contributed by atoms with Gasteiger partial charge in [-0.1, -0.05) is 57.6 Å². The molecule has 0 bridgehead atoms. The van der Waals surface area contributed by atoms with Gasteiger partial charge in [-0.15, -0.1) is 0 Å². The zero-order chi connectivity index (χ0) is 21.3. The van der Waals surface area contributed by atoms with E-state index in [1.165, 1.54) is 25.7 Å². The number of aliphatic carboxylic acids is 2. The molecule has 0 fully saturated rings. The largest absolute Gasteiger partial charge is 0.490 e. The Bertz CT molecular complexity index is 586. The van der Waals surface area contributed by atoms with Gasteiger partial charge in [0.2, 0.25) is 0 Å². The number of rotatable bonds is 18. The summed E-state index contributed by atoms with van der Waals surface area (Å²) in [7, 11) is 0. The predicted octanol–water partition coefficient (Wildman–Crippen LogP) is 5.54. The number of carbonyl (C=O) groups is 2. The fraction of sp³-hybridized carbons (Fsp3) is 0.652. The molecule has 29 heavy (non-hydrogen) atoms. The van der Waals surface area contributed by atoms with Gasteiger partial charge in [0.05, 0.1) is 13.2 Å². The molecule has 0 aliphatic heterocycles. The maximum absolute atomic E-state index is 10.6. The molecule has 6 nitrogen and oxygen atoms in total. The van der Waals surface area contributed by atoms with E-state index in [-0.39, 0.29) is 12.8 Å². The van der Waals surface area contributed by atoms with Crippen molar-refractivity contribution in [3.8, 4) is 11.5 Å². The molecule has 0 aliphatic rings. The summed E-state index contributed by atoms with van der Waals surface area (Å²) < 4.78 is 11.6. The fourth-order valence-corrected chi connectivity index (χ4v) is 3.06. The first kappa shape index (κ1) is 24.8. The molecule has 164 valence electrons. The van der Waals surface area contributed by atoms with Crippen molar-refractivity contribution >= 4 is 11.9 Å². The third-order valence-corrected chi connectivity index (χ3v) is 4.75. The topological polar surface area (TPSA) is 93.1 Å². The lowest BCUT2D eigenvalue weighted by atomic mass is 10.0. The van der Waals surface area contributed by atoms with Crippen molar-refractivity contribution in [1.29, 1.82) is 0 Å². The zero-order valence-corrected chi connectivity index (χ0v) is 17.6. The van der Waals surface area contributed by atoms with Crippen molar-refractivity contribution in [3.05, 3.63) is 24.3 Å². The standard InChI is InChI=1S/C23H36O6/c1-19(12-7-5-3-2-4-6-8-15-22(24)25)18-29-21-14-10-9-13-20(21)28-17-11-16-23(26)27/h9-10,13-14,19H,2-8,11-12,15-18H2,1H3,(H,24,25)(H,26,27). The number of hydrogen-bond acceptors (Lipinski definition) is 4. The second kappa shape index (κ2) is 15.7. The van der Waals surface area contributed by atoms with Crippen LogP contribution < -0.4 is 9.47 Å². The molecule has 0 heterocycles. The van der Waals surface area contributed by atoms with Gasteiger partial charge in [0.25, 0.3) is 0 Å². The van der Waals surface area contributed by atoms with E-state index < -0.39 is 11.9 Å². The van der Waals surface area contributed by atoms with Gasteiger partial charge in [0.1, 0.15) is 0 Å². The molecule has 1 atom stereocenters. The molecule has 1 rings (SSSR count). The summed E-state index contributed by atoms with van der Waals surface area (Å²) in [5.41, 5.74) is 0. The predicted molar refractivity (Wildman–Crippen MR) is 113 cm³/mol. The van der Waals surface area contributed by atoms with Crippen LogP contribution in [0.15, 0.2) is 24.3 Å². The smallest absolute Gasteiger partial charge is 0.303 e. The highest BCUT2D eigenvalue weighted by molar-refractivity contribution is 5.66. The van der Waals surface area contributed by atoms with Gasteiger partial charge in [-0.05, 0) is 37.3 Å². The van der Waals surface area contributed by atoms with Crippen molar-refractivity contribution < 1.29 is 29.3 Å². The highest BCUT2D eigenvalue weighted by Crippen LogP contribution is 2.27. The van der Waals surface area contributed by atoms with Crippen molar-refractivity contribution in [2.75, 3.05) is 13.2 Å². The normalized spacial score (nSPS) is 11.8. The minimum atomic E-state index is -0.815. The first-order valence-corrected chi connectivity index (χ1v) is 10.8. The molecule has 0 saturated carbocycles. The van der Waals surface area contributed by atoms with Crippen LogP contribution in [0, 0.1) is 5.92 Å². The Labute approximate surface area is 174 Å². The Kier molecular flexibility index (Phi) is 13.4. The van der Waals surface area contributed by atoms with Gasteiger partial charge >= 0.3 is 11.9 Å². The summed E-state index contributed by atoms with van der Waals surface area (Å²) in [6.45, 7) is 3.17. The average molecular weight is 409 g/mol. The van der Waals surface area contributed by atoms with E-state index in [4.69, 9.17) is 19.7 Å². The van der Waals surface area contributed by atoms with E-state index in [9.17, 15) is 9.59 Å². The van der Waals surface area contributed by atoms with E-state index in [1.54, 1.807) is 0 Å². The molecule has 1 unspecified atom stereocenters. The van der Waals surface area contributed by atoms with Gasteiger partial charge in [0.15, 0.2) is 11.5 Å². The molecular formula is C23H36O6. The van der Waals surface area contributed by atoms with Gasteiger partial charge in [-0.2, -0.15) is 0 Å². The molecule has 2 N–H and O–H groups in total. The lowest BCUT2D eigenvalue weighted by Gasteiger charge is -2.16. The summed E-state index contributed by atoms with van der Waals surface area (Å²) in [6.07, 6.45) is 9.64. The highest BCUT2D eigenvalue weighted by Gasteiger charge is 2.08. The van der Waals surface area contributed by atoms with Crippen molar-refractivity contribution in [1.82, 2.24) is 0 Å².